The molecular weight excluding hydrogens is 236 g/mol. The summed E-state index contributed by atoms with van der Waals surface area (Å²) in [4.78, 5) is 2.69. The summed E-state index contributed by atoms with van der Waals surface area (Å²) in [6.45, 7) is 11.3. The van der Waals surface area contributed by atoms with Gasteiger partial charge in [0.2, 0.25) is 0 Å². The van der Waals surface area contributed by atoms with E-state index in [9.17, 15) is 0 Å². The normalized spacial score (nSPS) is 39.6. The lowest BCUT2D eigenvalue weighted by molar-refractivity contribution is -0.0126. The zero-order valence-electron chi connectivity index (χ0n) is 13.2. The van der Waals surface area contributed by atoms with Crippen molar-refractivity contribution in [3.8, 4) is 0 Å². The molecule has 19 heavy (non-hydrogen) atoms. The van der Waals surface area contributed by atoms with Crippen LogP contribution in [0.15, 0.2) is 0 Å². The average molecular weight is 268 g/mol. The van der Waals surface area contributed by atoms with Gasteiger partial charge >= 0.3 is 0 Å². The topological polar surface area (TPSA) is 38.5 Å². The van der Waals surface area contributed by atoms with Crippen LogP contribution in [0.4, 0.5) is 0 Å². The quantitative estimate of drug-likeness (QED) is 0.851. The summed E-state index contributed by atoms with van der Waals surface area (Å²) in [5.41, 5.74) is 6.98. The summed E-state index contributed by atoms with van der Waals surface area (Å²) < 4.78 is 5.33. The standard InChI is InChI=1S/C16H32N2O/c1-13-9-15(2,3)6-7-16(13,12-17)18-8-5-14(10-18)11-19-4/h13-14H,5-12,17H2,1-4H3. The summed E-state index contributed by atoms with van der Waals surface area (Å²) in [5, 5.41) is 0. The van der Waals surface area contributed by atoms with E-state index in [-0.39, 0.29) is 5.54 Å². The van der Waals surface area contributed by atoms with Gasteiger partial charge in [0, 0.05) is 25.7 Å². The van der Waals surface area contributed by atoms with Crippen LogP contribution in [0, 0.1) is 17.3 Å². The first-order valence-corrected chi connectivity index (χ1v) is 7.87. The van der Waals surface area contributed by atoms with Crippen molar-refractivity contribution in [2.75, 3.05) is 33.4 Å². The molecule has 0 aromatic carbocycles. The number of ether oxygens (including phenoxy) is 1. The first-order chi connectivity index (χ1) is 8.93. The van der Waals surface area contributed by atoms with Gasteiger partial charge in [0.15, 0.2) is 0 Å². The Labute approximate surface area is 118 Å². The number of nitrogens with two attached hydrogens (primary N) is 1. The van der Waals surface area contributed by atoms with Gasteiger partial charge in [-0.05, 0) is 49.5 Å². The van der Waals surface area contributed by atoms with Crippen LogP contribution >= 0.6 is 0 Å². The summed E-state index contributed by atoms with van der Waals surface area (Å²) in [6.07, 6.45) is 5.14. The van der Waals surface area contributed by atoms with Gasteiger partial charge in [-0.1, -0.05) is 20.8 Å². The van der Waals surface area contributed by atoms with Gasteiger partial charge in [-0.15, -0.1) is 0 Å². The van der Waals surface area contributed by atoms with Crippen LogP contribution in [0.2, 0.25) is 0 Å². The highest BCUT2D eigenvalue weighted by Gasteiger charge is 2.48. The van der Waals surface area contributed by atoms with Crippen molar-refractivity contribution in [3.63, 3.8) is 0 Å². The van der Waals surface area contributed by atoms with Crippen LogP contribution in [0.5, 0.6) is 0 Å². The molecule has 2 aliphatic rings. The lowest BCUT2D eigenvalue weighted by atomic mass is 9.63. The van der Waals surface area contributed by atoms with Gasteiger partial charge in [-0.2, -0.15) is 0 Å². The highest BCUT2D eigenvalue weighted by Crippen LogP contribution is 2.47. The maximum atomic E-state index is 6.24. The Morgan fingerprint density at radius 3 is 2.63 bits per heavy atom. The Bertz CT molecular complexity index is 305. The SMILES string of the molecule is COCC1CCN(C2(CN)CCC(C)(C)CC2C)C1. The molecule has 1 saturated heterocycles. The van der Waals surface area contributed by atoms with E-state index in [1.807, 2.05) is 7.11 Å². The van der Waals surface area contributed by atoms with Crippen LogP contribution in [-0.4, -0.2) is 43.8 Å². The smallest absolute Gasteiger partial charge is 0.0503 e. The zero-order chi connectivity index (χ0) is 14.1. The van der Waals surface area contributed by atoms with E-state index in [2.05, 4.69) is 25.7 Å². The molecule has 1 heterocycles. The predicted molar refractivity (Wildman–Crippen MR) is 80.1 cm³/mol. The first kappa shape index (κ1) is 15.3. The molecule has 0 radical (unpaired) electrons. The van der Waals surface area contributed by atoms with Crippen LogP contribution < -0.4 is 5.73 Å². The molecule has 0 bridgehead atoms. The van der Waals surface area contributed by atoms with E-state index >= 15 is 0 Å². The number of methoxy groups -OCH3 is 1. The first-order valence-electron chi connectivity index (χ1n) is 7.87. The third kappa shape index (κ3) is 2.98. The van der Waals surface area contributed by atoms with Crippen molar-refractivity contribution in [2.45, 2.75) is 52.0 Å². The Balaban J connectivity index is 2.07. The zero-order valence-corrected chi connectivity index (χ0v) is 13.2. The Kier molecular flexibility index (Phi) is 4.59. The van der Waals surface area contributed by atoms with Gasteiger partial charge < -0.3 is 10.5 Å². The molecule has 0 spiro atoms. The van der Waals surface area contributed by atoms with Crippen molar-refractivity contribution in [2.24, 2.45) is 23.0 Å². The van der Waals surface area contributed by atoms with Gasteiger partial charge in [-0.3, -0.25) is 4.90 Å². The van der Waals surface area contributed by atoms with E-state index in [1.54, 1.807) is 0 Å². The second-order valence-electron chi connectivity index (χ2n) is 7.63. The molecule has 2 N–H and O–H groups in total. The molecule has 3 atom stereocenters. The van der Waals surface area contributed by atoms with E-state index in [4.69, 9.17) is 10.5 Å². The van der Waals surface area contributed by atoms with Crippen molar-refractivity contribution in [1.29, 1.82) is 0 Å². The summed E-state index contributed by atoms with van der Waals surface area (Å²) in [6, 6.07) is 0. The molecule has 0 aromatic heterocycles. The molecular formula is C16H32N2O. The second-order valence-corrected chi connectivity index (χ2v) is 7.63. The Morgan fingerprint density at radius 1 is 1.32 bits per heavy atom. The van der Waals surface area contributed by atoms with E-state index in [0.717, 1.165) is 13.2 Å². The fraction of sp³-hybridized carbons (Fsp3) is 1.00. The lowest BCUT2D eigenvalue weighted by Gasteiger charge is -2.53. The van der Waals surface area contributed by atoms with Gasteiger partial charge in [0.25, 0.3) is 0 Å². The van der Waals surface area contributed by atoms with Crippen molar-refractivity contribution in [3.05, 3.63) is 0 Å². The Morgan fingerprint density at radius 2 is 2.05 bits per heavy atom. The number of hydrogen-bond donors (Lipinski definition) is 1. The monoisotopic (exact) mass is 268 g/mol. The number of likely N-dealkylation sites (tertiary alicyclic amines) is 1. The van der Waals surface area contributed by atoms with Gasteiger partial charge in [0.05, 0.1) is 6.61 Å². The number of rotatable bonds is 4. The molecule has 2 rings (SSSR count). The van der Waals surface area contributed by atoms with E-state index in [1.165, 1.54) is 38.8 Å². The molecule has 0 amide bonds. The van der Waals surface area contributed by atoms with Crippen LogP contribution in [0.1, 0.15) is 46.5 Å². The highest BCUT2D eigenvalue weighted by molar-refractivity contribution is 5.03. The van der Waals surface area contributed by atoms with E-state index in [0.29, 0.717) is 17.3 Å². The molecule has 3 unspecified atom stereocenters. The molecule has 1 saturated carbocycles. The predicted octanol–water partition coefficient (Wildman–Crippen LogP) is 2.50. The van der Waals surface area contributed by atoms with Crippen molar-refractivity contribution < 1.29 is 4.74 Å². The molecule has 1 aliphatic carbocycles. The number of hydrogen-bond acceptors (Lipinski definition) is 3. The fourth-order valence-electron chi connectivity index (χ4n) is 4.43. The lowest BCUT2D eigenvalue weighted by Crippen LogP contribution is -2.60. The van der Waals surface area contributed by atoms with Crippen LogP contribution in [0.3, 0.4) is 0 Å². The largest absolute Gasteiger partial charge is 0.384 e. The van der Waals surface area contributed by atoms with Crippen LogP contribution in [-0.2, 0) is 4.74 Å². The average Bonchev–Trinajstić information content (AvgIpc) is 2.78. The molecule has 3 nitrogen and oxygen atoms in total. The maximum absolute atomic E-state index is 6.24. The second kappa shape index (κ2) is 5.71. The molecule has 1 aliphatic heterocycles. The number of nitrogens with zero attached hydrogens (tertiary/aromatic N) is 1. The minimum Gasteiger partial charge on any atom is -0.384 e. The fourth-order valence-corrected chi connectivity index (χ4v) is 4.43. The van der Waals surface area contributed by atoms with Crippen molar-refractivity contribution >= 4 is 0 Å². The Hall–Kier alpha value is -0.120. The maximum Gasteiger partial charge on any atom is 0.0503 e. The summed E-state index contributed by atoms with van der Waals surface area (Å²) >= 11 is 0. The van der Waals surface area contributed by atoms with Gasteiger partial charge in [-0.25, -0.2) is 0 Å². The summed E-state index contributed by atoms with van der Waals surface area (Å²) in [5.74, 6) is 1.40. The van der Waals surface area contributed by atoms with Crippen LogP contribution in [0.25, 0.3) is 0 Å². The third-order valence-electron chi connectivity index (χ3n) is 5.68. The molecule has 2 fully saturated rings. The summed E-state index contributed by atoms with van der Waals surface area (Å²) in [7, 11) is 1.81. The molecule has 112 valence electrons. The van der Waals surface area contributed by atoms with Gasteiger partial charge in [0.1, 0.15) is 0 Å². The third-order valence-corrected chi connectivity index (χ3v) is 5.68. The molecule has 3 heteroatoms. The van der Waals surface area contributed by atoms with Crippen molar-refractivity contribution in [1.82, 2.24) is 4.90 Å². The highest BCUT2D eigenvalue weighted by atomic mass is 16.5. The molecule has 0 aromatic rings. The van der Waals surface area contributed by atoms with E-state index < -0.39 is 0 Å². The minimum atomic E-state index is 0.248. The minimum absolute atomic E-state index is 0.248.